The van der Waals surface area contributed by atoms with Gasteiger partial charge < -0.3 is 5.73 Å². The van der Waals surface area contributed by atoms with E-state index in [1.807, 2.05) is 6.07 Å². The molecule has 0 radical (unpaired) electrons. The van der Waals surface area contributed by atoms with E-state index in [0.717, 1.165) is 42.2 Å². The number of likely N-dealkylation sites (tertiary alicyclic amines) is 1. The van der Waals surface area contributed by atoms with Gasteiger partial charge in [-0.05, 0) is 50.0 Å². The first-order chi connectivity index (χ1) is 15.9. The number of nitrogens with zero attached hydrogens (tertiary/aromatic N) is 4. The van der Waals surface area contributed by atoms with Gasteiger partial charge in [0, 0.05) is 18.9 Å². The zero-order valence-corrected chi connectivity index (χ0v) is 18.0. The predicted molar refractivity (Wildman–Crippen MR) is 115 cm³/mol. The smallest absolute Gasteiger partial charge is 0.262 e. The minimum absolute atomic E-state index is 0.104. The Balaban J connectivity index is 1.24. The number of benzene rings is 1. The van der Waals surface area contributed by atoms with Gasteiger partial charge in [0.05, 0.1) is 17.7 Å². The number of fused-ring (bicyclic) bond motifs is 1. The third kappa shape index (κ3) is 3.93. The molecule has 0 spiro atoms. The van der Waals surface area contributed by atoms with Gasteiger partial charge in [0.15, 0.2) is 5.82 Å². The SMILES string of the molecule is NCc1nc(C2CCN(Cc3ccc4c(c3)C(=O)N(C3CCC(=O)NC3=O)C4=O)CC2)n[nH]1. The van der Waals surface area contributed by atoms with E-state index < -0.39 is 23.8 Å². The van der Waals surface area contributed by atoms with Crippen molar-refractivity contribution in [1.29, 1.82) is 0 Å². The Kier molecular flexibility index (Phi) is 5.51. The van der Waals surface area contributed by atoms with Gasteiger partial charge in [-0.3, -0.25) is 39.4 Å². The first-order valence-corrected chi connectivity index (χ1v) is 11.1. The van der Waals surface area contributed by atoms with Crippen LogP contribution in [0.25, 0.3) is 0 Å². The number of aromatic amines is 1. The van der Waals surface area contributed by atoms with Crippen LogP contribution in [0.3, 0.4) is 0 Å². The molecule has 2 saturated heterocycles. The molecular formula is C22H25N7O4. The van der Waals surface area contributed by atoms with Gasteiger partial charge in [0.2, 0.25) is 11.8 Å². The van der Waals surface area contributed by atoms with Gasteiger partial charge in [0.1, 0.15) is 11.9 Å². The fourth-order valence-corrected chi connectivity index (χ4v) is 4.81. The molecule has 4 N–H and O–H groups in total. The van der Waals surface area contributed by atoms with Crippen LogP contribution in [0, 0.1) is 0 Å². The molecule has 1 atom stereocenters. The number of hydrogen-bond donors (Lipinski definition) is 3. The summed E-state index contributed by atoms with van der Waals surface area (Å²) in [6.07, 6.45) is 2.10. The zero-order chi connectivity index (χ0) is 23.1. The van der Waals surface area contributed by atoms with Crippen molar-refractivity contribution in [1.82, 2.24) is 30.3 Å². The number of nitrogens with two attached hydrogens (primary N) is 1. The second-order valence-electron chi connectivity index (χ2n) is 8.72. The number of carbonyl (C=O) groups excluding carboxylic acids is 4. The molecule has 3 aliphatic rings. The van der Waals surface area contributed by atoms with Gasteiger partial charge in [-0.2, -0.15) is 5.10 Å². The third-order valence-electron chi connectivity index (χ3n) is 6.61. The van der Waals surface area contributed by atoms with Crippen LogP contribution in [-0.4, -0.2) is 67.7 Å². The van der Waals surface area contributed by atoms with Gasteiger partial charge in [-0.1, -0.05) is 6.07 Å². The molecule has 3 aliphatic heterocycles. The van der Waals surface area contributed by atoms with E-state index in [1.54, 1.807) is 12.1 Å². The van der Waals surface area contributed by atoms with E-state index in [-0.39, 0.29) is 18.7 Å². The lowest BCUT2D eigenvalue weighted by Crippen LogP contribution is -2.54. The monoisotopic (exact) mass is 451 g/mol. The number of carbonyl (C=O) groups is 4. The summed E-state index contributed by atoms with van der Waals surface area (Å²) in [6.45, 7) is 2.72. The quantitative estimate of drug-likeness (QED) is 0.539. The van der Waals surface area contributed by atoms with E-state index in [0.29, 0.717) is 36.0 Å². The third-order valence-corrected chi connectivity index (χ3v) is 6.61. The molecule has 33 heavy (non-hydrogen) atoms. The summed E-state index contributed by atoms with van der Waals surface area (Å²) in [5.41, 5.74) is 7.14. The maximum absolute atomic E-state index is 13.0. The normalized spacial score (nSPS) is 22.1. The van der Waals surface area contributed by atoms with Gasteiger partial charge in [0.25, 0.3) is 11.8 Å². The Labute approximate surface area is 189 Å². The second-order valence-corrected chi connectivity index (χ2v) is 8.72. The first kappa shape index (κ1) is 21.4. The van der Waals surface area contributed by atoms with Crippen molar-refractivity contribution in [2.24, 2.45) is 5.73 Å². The van der Waals surface area contributed by atoms with E-state index in [9.17, 15) is 19.2 Å². The summed E-state index contributed by atoms with van der Waals surface area (Å²) in [7, 11) is 0. The van der Waals surface area contributed by atoms with Crippen molar-refractivity contribution < 1.29 is 19.2 Å². The molecule has 0 bridgehead atoms. The number of amides is 4. The zero-order valence-electron chi connectivity index (χ0n) is 18.0. The fraction of sp³-hybridized carbons (Fsp3) is 0.455. The van der Waals surface area contributed by atoms with Gasteiger partial charge in [-0.25, -0.2) is 4.98 Å². The summed E-state index contributed by atoms with van der Waals surface area (Å²) < 4.78 is 0. The molecular weight excluding hydrogens is 426 g/mol. The summed E-state index contributed by atoms with van der Waals surface area (Å²) in [5.74, 6) is -0.165. The Bertz CT molecular complexity index is 1140. The molecule has 2 aromatic rings. The van der Waals surface area contributed by atoms with Crippen LogP contribution in [-0.2, 0) is 22.7 Å². The molecule has 1 unspecified atom stereocenters. The van der Waals surface area contributed by atoms with Crippen molar-refractivity contribution in [3.63, 3.8) is 0 Å². The molecule has 5 rings (SSSR count). The van der Waals surface area contributed by atoms with Crippen molar-refractivity contribution in [2.75, 3.05) is 13.1 Å². The van der Waals surface area contributed by atoms with Crippen LogP contribution < -0.4 is 11.1 Å². The second kappa shape index (κ2) is 8.49. The fourth-order valence-electron chi connectivity index (χ4n) is 4.81. The molecule has 4 amide bonds. The Morgan fingerprint density at radius 1 is 1.03 bits per heavy atom. The number of nitrogens with one attached hydrogen (secondary N) is 2. The van der Waals surface area contributed by atoms with Crippen LogP contribution in [0.1, 0.15) is 69.5 Å². The van der Waals surface area contributed by atoms with E-state index in [2.05, 4.69) is 25.4 Å². The minimum atomic E-state index is -0.951. The number of rotatable bonds is 5. The van der Waals surface area contributed by atoms with Crippen molar-refractivity contribution in [3.8, 4) is 0 Å². The first-order valence-electron chi connectivity index (χ1n) is 11.1. The van der Waals surface area contributed by atoms with E-state index in [4.69, 9.17) is 5.73 Å². The highest BCUT2D eigenvalue weighted by atomic mass is 16.2. The molecule has 11 heteroatoms. The molecule has 172 valence electrons. The van der Waals surface area contributed by atoms with Gasteiger partial charge >= 0.3 is 0 Å². The van der Waals surface area contributed by atoms with E-state index in [1.165, 1.54) is 0 Å². The summed E-state index contributed by atoms with van der Waals surface area (Å²) >= 11 is 0. The van der Waals surface area contributed by atoms with E-state index >= 15 is 0 Å². The van der Waals surface area contributed by atoms with Crippen LogP contribution >= 0.6 is 0 Å². The standard InChI is InChI=1S/C22H25N7O4/c23-10-17-24-19(27-26-17)13-5-7-28(8-6-13)11-12-1-2-14-15(9-12)22(33)29(21(14)32)16-3-4-18(30)25-20(16)31/h1-2,9,13,16H,3-8,10-11,23H2,(H,24,26,27)(H,25,30,31). The molecule has 11 nitrogen and oxygen atoms in total. The number of hydrogen-bond acceptors (Lipinski definition) is 8. The highest BCUT2D eigenvalue weighted by Crippen LogP contribution is 2.30. The maximum Gasteiger partial charge on any atom is 0.262 e. The summed E-state index contributed by atoms with van der Waals surface area (Å²) in [6, 6.07) is 4.31. The lowest BCUT2D eigenvalue weighted by molar-refractivity contribution is -0.136. The topological polar surface area (TPSA) is 154 Å². The maximum atomic E-state index is 13.0. The largest absolute Gasteiger partial charge is 0.324 e. The average molecular weight is 451 g/mol. The molecule has 0 saturated carbocycles. The Morgan fingerprint density at radius 2 is 1.79 bits per heavy atom. The number of imide groups is 2. The highest BCUT2D eigenvalue weighted by Gasteiger charge is 2.44. The molecule has 2 fully saturated rings. The van der Waals surface area contributed by atoms with Crippen molar-refractivity contribution in [3.05, 3.63) is 46.5 Å². The molecule has 1 aromatic carbocycles. The Hall–Kier alpha value is -3.44. The van der Waals surface area contributed by atoms with Crippen molar-refractivity contribution >= 4 is 23.6 Å². The molecule has 1 aromatic heterocycles. The summed E-state index contributed by atoms with van der Waals surface area (Å²) in [5, 5.41) is 9.35. The number of piperidine rings is 2. The number of aromatic nitrogens is 3. The van der Waals surface area contributed by atoms with Crippen molar-refractivity contribution in [2.45, 2.75) is 50.7 Å². The van der Waals surface area contributed by atoms with Crippen LogP contribution in [0.15, 0.2) is 18.2 Å². The molecule has 0 aliphatic carbocycles. The summed E-state index contributed by atoms with van der Waals surface area (Å²) in [4.78, 5) is 57.2. The predicted octanol–water partition coefficient (Wildman–Crippen LogP) is 0.0442. The average Bonchev–Trinajstić information content (AvgIpc) is 3.38. The lowest BCUT2D eigenvalue weighted by Gasteiger charge is -2.30. The van der Waals surface area contributed by atoms with Crippen LogP contribution in [0.2, 0.25) is 0 Å². The minimum Gasteiger partial charge on any atom is -0.324 e. The van der Waals surface area contributed by atoms with Crippen LogP contribution in [0.4, 0.5) is 0 Å². The van der Waals surface area contributed by atoms with Crippen LogP contribution in [0.5, 0.6) is 0 Å². The Morgan fingerprint density at radius 3 is 2.48 bits per heavy atom. The number of H-pyrrole nitrogens is 1. The highest BCUT2D eigenvalue weighted by molar-refractivity contribution is 6.23. The van der Waals surface area contributed by atoms with Gasteiger partial charge in [-0.15, -0.1) is 0 Å². The lowest BCUT2D eigenvalue weighted by atomic mass is 9.95. The molecule has 4 heterocycles.